The summed E-state index contributed by atoms with van der Waals surface area (Å²) in [4.78, 5) is 21.1. The maximum absolute atomic E-state index is 5.04. The first-order chi connectivity index (χ1) is 17.2. The van der Waals surface area contributed by atoms with Gasteiger partial charge in [0.1, 0.15) is 11.3 Å². The fourth-order valence-corrected chi connectivity index (χ4v) is 5.01. The molecule has 5 rings (SSSR count). The predicted octanol–water partition coefficient (Wildman–Crippen LogP) is 5.52. The third-order valence-electron chi connectivity index (χ3n) is 7.52. The first-order valence-electron chi connectivity index (χ1n) is 13.0. The molecule has 4 aromatic rings. The van der Waals surface area contributed by atoms with Crippen molar-refractivity contribution in [3.8, 4) is 0 Å². The molecule has 1 aliphatic rings. The summed E-state index contributed by atoms with van der Waals surface area (Å²) in [5.41, 5.74) is 5.27. The number of hydrogen-bond donors (Lipinski definition) is 1. The van der Waals surface area contributed by atoms with Crippen LogP contribution in [0.2, 0.25) is 0 Å². The summed E-state index contributed by atoms with van der Waals surface area (Å²) in [5.74, 6) is 3.37. The molecule has 0 atom stereocenters. The Morgan fingerprint density at radius 3 is 2.53 bits per heavy atom. The van der Waals surface area contributed by atoms with E-state index in [1.807, 2.05) is 24.1 Å². The van der Waals surface area contributed by atoms with Gasteiger partial charge in [-0.3, -0.25) is 0 Å². The average molecular weight is 487 g/mol. The Balaban J connectivity index is 1.36. The van der Waals surface area contributed by atoms with Crippen molar-refractivity contribution < 1.29 is 0 Å². The zero-order valence-corrected chi connectivity index (χ0v) is 22.4. The SMILES string of the molecule is Cc1ccc(C(C)(C)C)cc1Nc1nc(N2CCC(CCn3ccnc3C)CC2)nc2ncn(C)c12. The molecule has 4 heterocycles. The van der Waals surface area contributed by atoms with Crippen molar-refractivity contribution in [3.63, 3.8) is 0 Å². The van der Waals surface area contributed by atoms with E-state index in [1.165, 1.54) is 17.5 Å². The highest BCUT2D eigenvalue weighted by Crippen LogP contribution is 2.32. The van der Waals surface area contributed by atoms with E-state index in [0.29, 0.717) is 5.92 Å². The van der Waals surface area contributed by atoms with Gasteiger partial charge in [0.05, 0.1) is 6.33 Å². The second-order valence-electron chi connectivity index (χ2n) is 11.2. The lowest BCUT2D eigenvalue weighted by atomic mass is 9.86. The van der Waals surface area contributed by atoms with E-state index in [0.717, 1.165) is 66.9 Å². The maximum atomic E-state index is 5.04. The van der Waals surface area contributed by atoms with Gasteiger partial charge in [-0.15, -0.1) is 0 Å². The van der Waals surface area contributed by atoms with Crippen LogP contribution < -0.4 is 10.2 Å². The quantitative estimate of drug-likeness (QED) is 0.386. The Morgan fingerprint density at radius 2 is 1.83 bits per heavy atom. The highest BCUT2D eigenvalue weighted by Gasteiger charge is 2.24. The Kier molecular flexibility index (Phi) is 6.45. The second kappa shape index (κ2) is 9.56. The molecule has 190 valence electrons. The van der Waals surface area contributed by atoms with E-state index in [2.05, 4.69) is 83.8 Å². The zero-order chi connectivity index (χ0) is 25.4. The highest BCUT2D eigenvalue weighted by molar-refractivity contribution is 5.87. The van der Waals surface area contributed by atoms with Gasteiger partial charge < -0.3 is 19.4 Å². The molecule has 1 saturated heterocycles. The molecule has 0 aliphatic carbocycles. The van der Waals surface area contributed by atoms with Crippen molar-refractivity contribution in [3.05, 3.63) is 53.9 Å². The monoisotopic (exact) mass is 486 g/mol. The van der Waals surface area contributed by atoms with E-state index in [-0.39, 0.29) is 5.41 Å². The summed E-state index contributed by atoms with van der Waals surface area (Å²) < 4.78 is 4.24. The van der Waals surface area contributed by atoms with Crippen molar-refractivity contribution in [1.82, 2.24) is 29.1 Å². The van der Waals surface area contributed by atoms with Gasteiger partial charge in [0.25, 0.3) is 0 Å². The van der Waals surface area contributed by atoms with Crippen LogP contribution in [0.15, 0.2) is 36.9 Å². The molecule has 8 nitrogen and oxygen atoms in total. The highest BCUT2D eigenvalue weighted by atomic mass is 15.3. The first-order valence-corrected chi connectivity index (χ1v) is 13.0. The molecule has 0 radical (unpaired) electrons. The van der Waals surface area contributed by atoms with Gasteiger partial charge in [-0.1, -0.05) is 32.9 Å². The van der Waals surface area contributed by atoms with Gasteiger partial charge in [0, 0.05) is 44.8 Å². The van der Waals surface area contributed by atoms with Crippen LogP contribution in [-0.4, -0.2) is 42.2 Å². The van der Waals surface area contributed by atoms with Crippen LogP contribution in [0.1, 0.15) is 57.0 Å². The summed E-state index contributed by atoms with van der Waals surface area (Å²) in [5, 5.41) is 3.64. The average Bonchev–Trinajstić information content (AvgIpc) is 3.43. The maximum Gasteiger partial charge on any atom is 0.229 e. The Hall–Kier alpha value is -3.42. The van der Waals surface area contributed by atoms with Gasteiger partial charge in [0.2, 0.25) is 5.95 Å². The third-order valence-corrected chi connectivity index (χ3v) is 7.52. The summed E-state index contributed by atoms with van der Waals surface area (Å²) >= 11 is 0. The largest absolute Gasteiger partial charge is 0.341 e. The van der Waals surface area contributed by atoms with Crippen LogP contribution in [0.25, 0.3) is 11.2 Å². The summed E-state index contributed by atoms with van der Waals surface area (Å²) in [6.07, 6.45) is 9.25. The molecule has 3 aromatic heterocycles. The van der Waals surface area contributed by atoms with Crippen molar-refractivity contribution >= 4 is 28.6 Å². The van der Waals surface area contributed by atoms with Crippen molar-refractivity contribution in [2.24, 2.45) is 13.0 Å². The molecule has 1 fully saturated rings. The Bertz CT molecular complexity index is 1350. The Morgan fingerprint density at radius 1 is 1.06 bits per heavy atom. The van der Waals surface area contributed by atoms with Crippen LogP contribution in [0, 0.1) is 19.8 Å². The minimum Gasteiger partial charge on any atom is -0.341 e. The molecule has 1 aromatic carbocycles. The van der Waals surface area contributed by atoms with E-state index < -0.39 is 0 Å². The minimum absolute atomic E-state index is 0.0731. The molecule has 1 N–H and O–H groups in total. The normalized spacial score (nSPS) is 15.1. The lowest BCUT2D eigenvalue weighted by Crippen LogP contribution is -2.35. The van der Waals surface area contributed by atoms with E-state index in [1.54, 1.807) is 0 Å². The molecule has 0 bridgehead atoms. The number of aromatic nitrogens is 6. The fraction of sp³-hybridized carbons (Fsp3) is 0.500. The van der Waals surface area contributed by atoms with Crippen molar-refractivity contribution in [1.29, 1.82) is 0 Å². The van der Waals surface area contributed by atoms with Crippen LogP contribution >= 0.6 is 0 Å². The molecule has 1 aliphatic heterocycles. The van der Waals surface area contributed by atoms with E-state index in [4.69, 9.17) is 9.97 Å². The number of nitrogens with one attached hydrogen (secondary N) is 1. The standard InChI is InChI=1S/C28H38N8/c1-19-7-8-22(28(3,4)5)17-23(19)31-26-24-25(30-18-34(24)6)32-27(33-26)36-14-10-21(11-15-36)9-13-35-16-12-29-20(35)2/h7-8,12,16-18,21H,9-11,13-15H2,1-6H3,(H,31,32,33). The van der Waals surface area contributed by atoms with Gasteiger partial charge in [-0.05, 0) is 61.6 Å². The number of hydrogen-bond acceptors (Lipinski definition) is 6. The summed E-state index contributed by atoms with van der Waals surface area (Å²) in [7, 11) is 2.00. The van der Waals surface area contributed by atoms with E-state index >= 15 is 0 Å². The van der Waals surface area contributed by atoms with Crippen LogP contribution in [0.3, 0.4) is 0 Å². The number of fused-ring (bicyclic) bond motifs is 1. The smallest absolute Gasteiger partial charge is 0.229 e. The van der Waals surface area contributed by atoms with Gasteiger partial charge in [-0.2, -0.15) is 9.97 Å². The summed E-state index contributed by atoms with van der Waals surface area (Å²) in [6.45, 7) is 13.9. The molecule has 8 heteroatoms. The lowest BCUT2D eigenvalue weighted by molar-refractivity contribution is 0.358. The lowest BCUT2D eigenvalue weighted by Gasteiger charge is -2.32. The molecule has 0 unspecified atom stereocenters. The van der Waals surface area contributed by atoms with Crippen LogP contribution in [-0.2, 0) is 19.0 Å². The van der Waals surface area contributed by atoms with E-state index in [9.17, 15) is 0 Å². The molecule has 0 amide bonds. The number of rotatable bonds is 6. The number of benzene rings is 1. The number of aryl methyl sites for hydroxylation is 4. The zero-order valence-electron chi connectivity index (χ0n) is 22.4. The molecular weight excluding hydrogens is 448 g/mol. The van der Waals surface area contributed by atoms with Crippen molar-refractivity contribution in [2.45, 2.75) is 65.8 Å². The predicted molar refractivity (Wildman–Crippen MR) is 146 cm³/mol. The fourth-order valence-electron chi connectivity index (χ4n) is 5.01. The van der Waals surface area contributed by atoms with Crippen LogP contribution in [0.5, 0.6) is 0 Å². The number of nitrogens with zero attached hydrogens (tertiary/aromatic N) is 7. The van der Waals surface area contributed by atoms with Gasteiger partial charge >= 0.3 is 0 Å². The number of piperidine rings is 1. The first kappa shape index (κ1) is 24.3. The molecule has 0 spiro atoms. The number of imidazole rings is 2. The molecular formula is C28H38N8. The summed E-state index contributed by atoms with van der Waals surface area (Å²) in [6, 6.07) is 6.64. The molecule has 0 saturated carbocycles. The third kappa shape index (κ3) is 4.94. The van der Waals surface area contributed by atoms with Gasteiger partial charge in [-0.25, -0.2) is 9.97 Å². The Labute approximate surface area is 213 Å². The molecule has 36 heavy (non-hydrogen) atoms. The number of anilines is 3. The minimum atomic E-state index is 0.0731. The van der Waals surface area contributed by atoms with Crippen molar-refractivity contribution in [2.75, 3.05) is 23.3 Å². The topological polar surface area (TPSA) is 76.7 Å². The van der Waals surface area contributed by atoms with Gasteiger partial charge in [0.15, 0.2) is 11.5 Å². The second-order valence-corrected chi connectivity index (χ2v) is 11.2. The van der Waals surface area contributed by atoms with Crippen LogP contribution in [0.4, 0.5) is 17.5 Å².